The van der Waals surface area contributed by atoms with Gasteiger partial charge in [-0.1, -0.05) is 78.9 Å². The number of benzene rings is 4. The number of nitrogens with one attached hydrogen (secondary N) is 4. The number of anilines is 2. The summed E-state index contributed by atoms with van der Waals surface area (Å²) in [5.74, 6) is 0.215. The third-order valence-electron chi connectivity index (χ3n) is 6.17. The summed E-state index contributed by atoms with van der Waals surface area (Å²) in [5, 5.41) is 12.4. The largest absolute Gasteiger partial charge is 0.457 e. The average molecular weight is 573 g/mol. The van der Waals surface area contributed by atoms with Gasteiger partial charge in [0.1, 0.15) is 17.2 Å². The van der Waals surface area contributed by atoms with E-state index in [2.05, 4.69) is 21.3 Å². The molecule has 1 heterocycles. The summed E-state index contributed by atoms with van der Waals surface area (Å²) in [6.45, 7) is 0.221. The van der Waals surface area contributed by atoms with Crippen LogP contribution in [0.15, 0.2) is 138 Å². The van der Waals surface area contributed by atoms with Crippen LogP contribution in [0, 0.1) is 0 Å². The van der Waals surface area contributed by atoms with Crippen LogP contribution in [0.2, 0.25) is 0 Å². The molecule has 42 heavy (non-hydrogen) atoms. The number of rotatable bonds is 9. The molecule has 0 spiro atoms. The molecule has 0 aliphatic heterocycles. The summed E-state index contributed by atoms with van der Waals surface area (Å²) in [5.41, 5.74) is 3.88. The third kappa shape index (κ3) is 7.80. The lowest BCUT2D eigenvalue weighted by Gasteiger charge is -2.13. The van der Waals surface area contributed by atoms with Crippen molar-refractivity contribution in [3.8, 4) is 11.3 Å². The summed E-state index contributed by atoms with van der Waals surface area (Å²) in [7, 11) is 0. The van der Waals surface area contributed by atoms with E-state index in [1.54, 1.807) is 30.3 Å². The number of furan rings is 1. The van der Waals surface area contributed by atoms with Crippen molar-refractivity contribution in [1.82, 2.24) is 10.6 Å². The standard InChI is InChI=1S/C34H28N4O3S/c39-32(26-14-6-2-7-15-26)38-30(22-29-19-20-31(41-29)25-12-4-1-5-13-25)33(40)35-23-24-11-10-18-28(21-24)37-34(42)36-27-16-8-3-9-17-27/h1-22H,23H2,(H,35,40)(H,38,39)(H2,36,37,42)/b30-22-. The molecule has 0 fully saturated rings. The number of thiocarbonyl (C=S) groups is 1. The fraction of sp³-hybridized carbons (Fsp3) is 0.0294. The van der Waals surface area contributed by atoms with Gasteiger partial charge in [-0.05, 0) is 66.3 Å². The minimum atomic E-state index is -0.462. The highest BCUT2D eigenvalue weighted by molar-refractivity contribution is 7.80. The van der Waals surface area contributed by atoms with Gasteiger partial charge in [-0.3, -0.25) is 9.59 Å². The predicted molar refractivity (Wildman–Crippen MR) is 171 cm³/mol. The van der Waals surface area contributed by atoms with Crippen LogP contribution in [-0.4, -0.2) is 16.9 Å². The first-order valence-corrected chi connectivity index (χ1v) is 13.7. The maximum Gasteiger partial charge on any atom is 0.268 e. The molecule has 1 aromatic heterocycles. The van der Waals surface area contributed by atoms with Crippen LogP contribution in [0.25, 0.3) is 17.4 Å². The molecule has 4 aromatic carbocycles. The molecule has 0 aliphatic rings. The number of hydrogen-bond donors (Lipinski definition) is 4. The van der Waals surface area contributed by atoms with Crippen LogP contribution in [0.3, 0.4) is 0 Å². The molecule has 5 aromatic rings. The van der Waals surface area contributed by atoms with Gasteiger partial charge in [-0.25, -0.2) is 0 Å². The molecule has 0 atom stereocenters. The van der Waals surface area contributed by atoms with Crippen LogP contribution >= 0.6 is 12.2 Å². The summed E-state index contributed by atoms with van der Waals surface area (Å²) in [4.78, 5) is 26.3. The van der Waals surface area contributed by atoms with E-state index in [0.717, 1.165) is 22.5 Å². The van der Waals surface area contributed by atoms with Crippen molar-refractivity contribution in [3.63, 3.8) is 0 Å². The molecule has 5 rings (SSSR count). The number of carbonyl (C=O) groups is 2. The van der Waals surface area contributed by atoms with Crippen molar-refractivity contribution in [1.29, 1.82) is 0 Å². The molecule has 0 aliphatic carbocycles. The van der Waals surface area contributed by atoms with E-state index in [1.807, 2.05) is 97.1 Å². The maximum absolute atomic E-state index is 13.3. The second-order valence-electron chi connectivity index (χ2n) is 9.27. The molecule has 0 unspecified atom stereocenters. The zero-order chi connectivity index (χ0) is 29.1. The molecule has 0 bridgehead atoms. The molecule has 2 amide bonds. The highest BCUT2D eigenvalue weighted by Crippen LogP contribution is 2.23. The Labute approximate surface area is 249 Å². The third-order valence-corrected chi connectivity index (χ3v) is 6.37. The van der Waals surface area contributed by atoms with Crippen molar-refractivity contribution in [2.75, 3.05) is 10.6 Å². The average Bonchev–Trinajstić information content (AvgIpc) is 3.49. The lowest BCUT2D eigenvalue weighted by atomic mass is 10.2. The van der Waals surface area contributed by atoms with E-state index in [-0.39, 0.29) is 12.2 Å². The number of amides is 2. The van der Waals surface area contributed by atoms with E-state index < -0.39 is 11.8 Å². The van der Waals surface area contributed by atoms with Gasteiger partial charge in [0, 0.05) is 35.1 Å². The first-order chi connectivity index (χ1) is 20.5. The highest BCUT2D eigenvalue weighted by Gasteiger charge is 2.16. The fourth-order valence-electron chi connectivity index (χ4n) is 4.12. The molecular weight excluding hydrogens is 544 g/mol. The maximum atomic E-state index is 13.3. The lowest BCUT2D eigenvalue weighted by Crippen LogP contribution is -2.34. The summed E-state index contributed by atoms with van der Waals surface area (Å²) in [6, 6.07) is 39.1. The number of para-hydroxylation sites is 1. The molecule has 0 radical (unpaired) electrons. The van der Waals surface area contributed by atoms with Gasteiger partial charge in [0.05, 0.1) is 0 Å². The zero-order valence-electron chi connectivity index (χ0n) is 22.5. The monoisotopic (exact) mass is 572 g/mol. The first kappa shape index (κ1) is 28.1. The molecule has 0 saturated carbocycles. The molecule has 4 N–H and O–H groups in total. The van der Waals surface area contributed by atoms with Gasteiger partial charge in [-0.15, -0.1) is 0 Å². The van der Waals surface area contributed by atoms with Gasteiger partial charge in [0.25, 0.3) is 11.8 Å². The second kappa shape index (κ2) is 13.7. The van der Waals surface area contributed by atoms with Crippen molar-refractivity contribution in [2.45, 2.75) is 6.54 Å². The van der Waals surface area contributed by atoms with Crippen molar-refractivity contribution in [2.24, 2.45) is 0 Å². The van der Waals surface area contributed by atoms with E-state index in [9.17, 15) is 9.59 Å². The summed E-state index contributed by atoms with van der Waals surface area (Å²) in [6.07, 6.45) is 1.52. The fourth-order valence-corrected chi connectivity index (χ4v) is 4.36. The Morgan fingerprint density at radius 3 is 2.10 bits per heavy atom. The zero-order valence-corrected chi connectivity index (χ0v) is 23.4. The Morgan fingerprint density at radius 2 is 1.36 bits per heavy atom. The normalized spacial score (nSPS) is 10.9. The topological polar surface area (TPSA) is 95.4 Å². The van der Waals surface area contributed by atoms with E-state index in [0.29, 0.717) is 22.2 Å². The number of hydrogen-bond acceptors (Lipinski definition) is 4. The Bertz CT molecular complexity index is 1700. The van der Waals surface area contributed by atoms with Crippen LogP contribution in [0.4, 0.5) is 11.4 Å². The molecule has 208 valence electrons. The van der Waals surface area contributed by atoms with Gasteiger partial charge >= 0.3 is 0 Å². The predicted octanol–water partition coefficient (Wildman–Crippen LogP) is 6.84. The molecular formula is C34H28N4O3S. The van der Waals surface area contributed by atoms with Gasteiger partial charge in [0.15, 0.2) is 5.11 Å². The summed E-state index contributed by atoms with van der Waals surface area (Å²) >= 11 is 5.43. The Morgan fingerprint density at radius 1 is 0.714 bits per heavy atom. The number of carbonyl (C=O) groups excluding carboxylic acids is 2. The van der Waals surface area contributed by atoms with E-state index >= 15 is 0 Å². The summed E-state index contributed by atoms with van der Waals surface area (Å²) < 4.78 is 5.96. The second-order valence-corrected chi connectivity index (χ2v) is 9.68. The van der Waals surface area contributed by atoms with Crippen LogP contribution < -0.4 is 21.3 Å². The van der Waals surface area contributed by atoms with Crippen molar-refractivity contribution < 1.29 is 14.0 Å². The lowest BCUT2D eigenvalue weighted by molar-refractivity contribution is -0.117. The first-order valence-electron chi connectivity index (χ1n) is 13.3. The van der Waals surface area contributed by atoms with Crippen molar-refractivity contribution >= 4 is 46.6 Å². The molecule has 7 nitrogen and oxygen atoms in total. The van der Waals surface area contributed by atoms with Crippen molar-refractivity contribution in [3.05, 3.63) is 150 Å². The SMILES string of the molecule is O=C(NCc1cccc(NC(=S)Nc2ccccc2)c1)/C(=C/c1ccc(-c2ccccc2)o1)NC(=O)c1ccccc1. The van der Waals surface area contributed by atoms with Crippen LogP contribution in [0.1, 0.15) is 21.7 Å². The van der Waals surface area contributed by atoms with Crippen LogP contribution in [0.5, 0.6) is 0 Å². The molecule has 0 saturated heterocycles. The van der Waals surface area contributed by atoms with Crippen LogP contribution in [-0.2, 0) is 11.3 Å². The highest BCUT2D eigenvalue weighted by atomic mass is 32.1. The van der Waals surface area contributed by atoms with Gasteiger partial charge in [0.2, 0.25) is 0 Å². The minimum absolute atomic E-state index is 0.0559. The van der Waals surface area contributed by atoms with E-state index in [4.69, 9.17) is 16.6 Å². The van der Waals surface area contributed by atoms with Gasteiger partial charge < -0.3 is 25.7 Å². The molecule has 8 heteroatoms. The van der Waals surface area contributed by atoms with E-state index in [1.165, 1.54) is 6.08 Å². The Kier molecular flexibility index (Phi) is 9.18. The quantitative estimate of drug-likeness (QED) is 0.114. The Hall–Kier alpha value is -5.47. The minimum Gasteiger partial charge on any atom is -0.457 e. The smallest absolute Gasteiger partial charge is 0.268 e. The van der Waals surface area contributed by atoms with Gasteiger partial charge in [-0.2, -0.15) is 0 Å². The Balaban J connectivity index is 1.29.